The number of nitrogens with one attached hydrogen (secondary N) is 1. The van der Waals surface area contributed by atoms with E-state index >= 15 is 0 Å². The van der Waals surface area contributed by atoms with Crippen LogP contribution in [0, 0.1) is 0 Å². The van der Waals surface area contributed by atoms with Crippen LogP contribution in [0.4, 0.5) is 0 Å². The molecule has 4 heterocycles. The summed E-state index contributed by atoms with van der Waals surface area (Å²) in [5, 5.41) is 1.18. The molecule has 0 radical (unpaired) electrons. The van der Waals surface area contributed by atoms with Gasteiger partial charge in [-0.05, 0) is 23.8 Å². The summed E-state index contributed by atoms with van der Waals surface area (Å²) < 4.78 is 1.99. The first kappa shape index (κ1) is 9.41. The SMILES string of the molecule is c1cn2ccc(-c3cncc4[nH]ccc34)cc2n1. The van der Waals surface area contributed by atoms with Gasteiger partial charge in [-0.15, -0.1) is 0 Å². The molecule has 86 valence electrons. The predicted molar refractivity (Wildman–Crippen MR) is 70.3 cm³/mol. The van der Waals surface area contributed by atoms with Gasteiger partial charge in [0.2, 0.25) is 0 Å². The number of hydrogen-bond donors (Lipinski definition) is 1. The van der Waals surface area contributed by atoms with E-state index in [2.05, 4.69) is 33.2 Å². The summed E-state index contributed by atoms with van der Waals surface area (Å²) in [4.78, 5) is 11.8. The van der Waals surface area contributed by atoms with E-state index in [0.717, 1.165) is 22.3 Å². The standard InChI is InChI=1S/C14H10N4/c1-3-16-13-9-15-8-12(11(1)13)10-2-5-18-6-4-17-14(18)7-10/h1-9,16H. The number of imidazole rings is 1. The van der Waals surface area contributed by atoms with Crippen molar-refractivity contribution in [2.75, 3.05) is 0 Å². The Kier molecular flexibility index (Phi) is 1.80. The number of nitrogens with zero attached hydrogens (tertiary/aromatic N) is 3. The van der Waals surface area contributed by atoms with Crippen LogP contribution in [0.1, 0.15) is 0 Å². The highest BCUT2D eigenvalue weighted by atomic mass is 15.0. The van der Waals surface area contributed by atoms with E-state index in [1.165, 1.54) is 5.39 Å². The first-order chi connectivity index (χ1) is 8.92. The van der Waals surface area contributed by atoms with E-state index in [1.54, 1.807) is 6.20 Å². The smallest absolute Gasteiger partial charge is 0.137 e. The predicted octanol–water partition coefficient (Wildman–Crippen LogP) is 2.88. The molecule has 4 aromatic rings. The van der Waals surface area contributed by atoms with E-state index in [9.17, 15) is 0 Å². The van der Waals surface area contributed by atoms with Gasteiger partial charge in [0, 0.05) is 41.9 Å². The number of aromatic nitrogens is 4. The number of aromatic amines is 1. The fraction of sp³-hybridized carbons (Fsp3) is 0. The van der Waals surface area contributed by atoms with Gasteiger partial charge in [-0.1, -0.05) is 0 Å². The molecular formula is C14H10N4. The lowest BCUT2D eigenvalue weighted by Gasteiger charge is -2.03. The van der Waals surface area contributed by atoms with Crippen LogP contribution in [0.5, 0.6) is 0 Å². The average Bonchev–Trinajstić information content (AvgIpc) is 3.05. The summed E-state index contributed by atoms with van der Waals surface area (Å²) in [5.74, 6) is 0. The maximum Gasteiger partial charge on any atom is 0.137 e. The molecule has 0 aliphatic rings. The number of fused-ring (bicyclic) bond motifs is 2. The maximum absolute atomic E-state index is 4.31. The Morgan fingerprint density at radius 1 is 1.11 bits per heavy atom. The zero-order valence-corrected chi connectivity index (χ0v) is 9.54. The highest BCUT2D eigenvalue weighted by Gasteiger charge is 2.06. The van der Waals surface area contributed by atoms with Gasteiger partial charge in [0.1, 0.15) is 5.65 Å². The van der Waals surface area contributed by atoms with Crippen molar-refractivity contribution in [1.82, 2.24) is 19.4 Å². The minimum absolute atomic E-state index is 0.944. The Morgan fingerprint density at radius 2 is 2.11 bits per heavy atom. The minimum Gasteiger partial charge on any atom is -0.360 e. The largest absolute Gasteiger partial charge is 0.360 e. The topological polar surface area (TPSA) is 46.0 Å². The summed E-state index contributed by atoms with van der Waals surface area (Å²) in [6.45, 7) is 0. The lowest BCUT2D eigenvalue weighted by Crippen LogP contribution is -1.86. The van der Waals surface area contributed by atoms with E-state index in [-0.39, 0.29) is 0 Å². The lowest BCUT2D eigenvalue weighted by molar-refractivity contribution is 1.19. The third-order valence-electron chi connectivity index (χ3n) is 3.19. The number of H-pyrrole nitrogens is 1. The monoisotopic (exact) mass is 234 g/mol. The second-order valence-corrected chi connectivity index (χ2v) is 4.23. The average molecular weight is 234 g/mol. The van der Waals surface area contributed by atoms with Gasteiger partial charge < -0.3 is 9.38 Å². The fourth-order valence-electron chi connectivity index (χ4n) is 2.29. The van der Waals surface area contributed by atoms with Gasteiger partial charge >= 0.3 is 0 Å². The van der Waals surface area contributed by atoms with Crippen LogP contribution < -0.4 is 0 Å². The van der Waals surface area contributed by atoms with Crippen molar-refractivity contribution >= 4 is 16.6 Å². The highest BCUT2D eigenvalue weighted by molar-refractivity contribution is 5.94. The molecule has 18 heavy (non-hydrogen) atoms. The number of rotatable bonds is 1. The molecule has 0 atom stereocenters. The van der Waals surface area contributed by atoms with Crippen LogP contribution in [0.15, 0.2) is 55.4 Å². The van der Waals surface area contributed by atoms with Gasteiger partial charge in [-0.3, -0.25) is 4.98 Å². The van der Waals surface area contributed by atoms with Gasteiger partial charge in [0.25, 0.3) is 0 Å². The zero-order chi connectivity index (χ0) is 11.9. The third-order valence-corrected chi connectivity index (χ3v) is 3.19. The van der Waals surface area contributed by atoms with Crippen LogP contribution in [-0.4, -0.2) is 19.4 Å². The van der Waals surface area contributed by atoms with Crippen molar-refractivity contribution in [3.8, 4) is 11.1 Å². The molecule has 0 aliphatic carbocycles. The minimum atomic E-state index is 0.944. The molecule has 1 N–H and O–H groups in total. The molecular weight excluding hydrogens is 224 g/mol. The van der Waals surface area contributed by atoms with Crippen LogP contribution in [0.2, 0.25) is 0 Å². The summed E-state index contributed by atoms with van der Waals surface area (Å²) in [6.07, 6.45) is 11.4. The summed E-state index contributed by atoms with van der Waals surface area (Å²) in [7, 11) is 0. The summed E-state index contributed by atoms with van der Waals surface area (Å²) in [5.41, 5.74) is 4.25. The first-order valence-electron chi connectivity index (χ1n) is 5.76. The van der Waals surface area contributed by atoms with Gasteiger partial charge in [-0.2, -0.15) is 0 Å². The van der Waals surface area contributed by atoms with Crippen molar-refractivity contribution < 1.29 is 0 Å². The van der Waals surface area contributed by atoms with Crippen LogP contribution in [-0.2, 0) is 0 Å². The van der Waals surface area contributed by atoms with E-state index in [4.69, 9.17) is 0 Å². The molecule has 0 unspecified atom stereocenters. The molecule has 0 spiro atoms. The molecule has 4 aromatic heterocycles. The molecule has 0 bridgehead atoms. The molecule has 4 nitrogen and oxygen atoms in total. The molecule has 4 rings (SSSR count). The van der Waals surface area contributed by atoms with Crippen molar-refractivity contribution in [1.29, 1.82) is 0 Å². The molecule has 0 amide bonds. The Hall–Kier alpha value is -2.62. The van der Waals surface area contributed by atoms with Gasteiger partial charge in [-0.25, -0.2) is 4.98 Å². The van der Waals surface area contributed by atoms with Crippen LogP contribution in [0.25, 0.3) is 27.7 Å². The maximum atomic E-state index is 4.31. The van der Waals surface area contributed by atoms with Crippen LogP contribution >= 0.6 is 0 Å². The first-order valence-corrected chi connectivity index (χ1v) is 5.76. The second kappa shape index (κ2) is 3.43. The van der Waals surface area contributed by atoms with Crippen molar-refractivity contribution in [3.05, 3.63) is 55.4 Å². The fourth-order valence-corrected chi connectivity index (χ4v) is 2.29. The van der Waals surface area contributed by atoms with Gasteiger partial charge in [0.05, 0.1) is 11.7 Å². The Bertz CT molecular complexity index is 841. The molecule has 0 saturated heterocycles. The normalized spacial score (nSPS) is 11.3. The summed E-state index contributed by atoms with van der Waals surface area (Å²) in [6, 6.07) is 6.23. The van der Waals surface area contributed by atoms with Crippen molar-refractivity contribution in [3.63, 3.8) is 0 Å². The molecule has 0 aliphatic heterocycles. The van der Waals surface area contributed by atoms with E-state index in [0.29, 0.717) is 0 Å². The molecule has 4 heteroatoms. The lowest BCUT2D eigenvalue weighted by atomic mass is 10.1. The third kappa shape index (κ3) is 1.26. The van der Waals surface area contributed by atoms with E-state index in [1.807, 2.05) is 35.4 Å². The van der Waals surface area contributed by atoms with Crippen LogP contribution in [0.3, 0.4) is 0 Å². The zero-order valence-electron chi connectivity index (χ0n) is 9.54. The molecule has 0 fully saturated rings. The number of hydrogen-bond acceptors (Lipinski definition) is 2. The van der Waals surface area contributed by atoms with Crippen molar-refractivity contribution in [2.24, 2.45) is 0 Å². The number of pyridine rings is 2. The Balaban J connectivity index is 2.03. The Labute approximate surface area is 103 Å². The Morgan fingerprint density at radius 3 is 3.11 bits per heavy atom. The molecule has 0 aromatic carbocycles. The van der Waals surface area contributed by atoms with Gasteiger partial charge in [0.15, 0.2) is 0 Å². The van der Waals surface area contributed by atoms with Crippen molar-refractivity contribution in [2.45, 2.75) is 0 Å². The second-order valence-electron chi connectivity index (χ2n) is 4.23. The van der Waals surface area contributed by atoms with E-state index < -0.39 is 0 Å². The summed E-state index contributed by atoms with van der Waals surface area (Å²) >= 11 is 0. The quantitative estimate of drug-likeness (QED) is 0.550. The molecule has 0 saturated carbocycles. The highest BCUT2D eigenvalue weighted by Crippen LogP contribution is 2.27.